The number of rotatable bonds is 6. The number of fused-ring (bicyclic) bond motifs is 1. The molecule has 0 saturated heterocycles. The summed E-state index contributed by atoms with van der Waals surface area (Å²) in [6, 6.07) is 12.3. The molecule has 132 valence electrons. The first-order valence-electron chi connectivity index (χ1n) is 8.06. The number of amides is 1. The lowest BCUT2D eigenvalue weighted by atomic mass is 10.1. The van der Waals surface area contributed by atoms with Gasteiger partial charge in [-0.3, -0.25) is 10.2 Å². The van der Waals surface area contributed by atoms with Gasteiger partial charge < -0.3 is 4.74 Å². The number of benzene rings is 2. The SMILES string of the molecule is Cc1ccc(OCC(=O)NNS(=O)(=O)c2ccc3c(c2)CCC3)cc1. The quantitative estimate of drug-likeness (QED) is 0.770. The minimum absolute atomic E-state index is 0.146. The summed E-state index contributed by atoms with van der Waals surface area (Å²) in [5.74, 6) is -0.0347. The molecule has 0 saturated carbocycles. The van der Waals surface area contributed by atoms with Crippen LogP contribution in [0.4, 0.5) is 0 Å². The van der Waals surface area contributed by atoms with Gasteiger partial charge in [-0.2, -0.15) is 0 Å². The van der Waals surface area contributed by atoms with Crippen molar-refractivity contribution in [2.75, 3.05) is 6.61 Å². The standard InChI is InChI=1S/C18H20N2O4S/c1-13-5-8-16(9-6-13)24-12-18(21)19-20-25(22,23)17-10-7-14-3-2-4-15(14)11-17/h5-11,20H,2-4,12H2,1H3,(H,19,21). The predicted octanol–water partition coefficient (Wildman–Crippen LogP) is 1.87. The van der Waals surface area contributed by atoms with Crippen LogP contribution in [-0.2, 0) is 27.7 Å². The van der Waals surface area contributed by atoms with Crippen molar-refractivity contribution >= 4 is 15.9 Å². The molecule has 0 spiro atoms. The fourth-order valence-electron chi connectivity index (χ4n) is 2.72. The predicted molar refractivity (Wildman–Crippen MR) is 93.6 cm³/mol. The van der Waals surface area contributed by atoms with E-state index in [0.717, 1.165) is 30.4 Å². The highest BCUT2D eigenvalue weighted by Crippen LogP contribution is 2.24. The molecule has 6 nitrogen and oxygen atoms in total. The van der Waals surface area contributed by atoms with E-state index >= 15 is 0 Å². The van der Waals surface area contributed by atoms with E-state index < -0.39 is 15.9 Å². The van der Waals surface area contributed by atoms with E-state index in [0.29, 0.717) is 5.75 Å². The number of sulfonamides is 1. The van der Waals surface area contributed by atoms with Gasteiger partial charge in [-0.25, -0.2) is 8.42 Å². The minimum Gasteiger partial charge on any atom is -0.484 e. The van der Waals surface area contributed by atoms with Crippen molar-refractivity contribution in [3.63, 3.8) is 0 Å². The molecule has 1 amide bonds. The Balaban J connectivity index is 1.54. The summed E-state index contributed by atoms with van der Waals surface area (Å²) in [4.78, 5) is 14.0. The number of hydrogen-bond donors (Lipinski definition) is 2. The third-order valence-corrected chi connectivity index (χ3v) is 5.34. The Morgan fingerprint density at radius 2 is 1.80 bits per heavy atom. The van der Waals surface area contributed by atoms with Crippen molar-refractivity contribution in [1.29, 1.82) is 0 Å². The minimum atomic E-state index is -3.80. The molecule has 2 aromatic carbocycles. The van der Waals surface area contributed by atoms with Crippen molar-refractivity contribution < 1.29 is 17.9 Å². The summed E-state index contributed by atoms with van der Waals surface area (Å²) in [5, 5.41) is 0. The van der Waals surface area contributed by atoms with Crippen LogP contribution < -0.4 is 15.0 Å². The van der Waals surface area contributed by atoms with Crippen LogP contribution in [-0.4, -0.2) is 20.9 Å². The van der Waals surface area contributed by atoms with Gasteiger partial charge in [0.15, 0.2) is 6.61 Å². The molecule has 1 aliphatic rings. The Labute approximate surface area is 147 Å². The van der Waals surface area contributed by atoms with E-state index in [1.54, 1.807) is 24.3 Å². The molecule has 7 heteroatoms. The highest BCUT2D eigenvalue weighted by Gasteiger charge is 2.19. The zero-order valence-corrected chi connectivity index (χ0v) is 14.7. The molecule has 0 unspecified atom stereocenters. The van der Waals surface area contributed by atoms with E-state index in [1.165, 1.54) is 5.56 Å². The van der Waals surface area contributed by atoms with E-state index in [2.05, 4.69) is 10.3 Å². The molecule has 0 atom stereocenters. The number of nitrogens with one attached hydrogen (secondary N) is 2. The van der Waals surface area contributed by atoms with Gasteiger partial charge in [0.1, 0.15) is 5.75 Å². The zero-order chi connectivity index (χ0) is 17.9. The number of aryl methyl sites for hydroxylation is 3. The van der Waals surface area contributed by atoms with Crippen molar-refractivity contribution in [2.45, 2.75) is 31.1 Å². The molecule has 1 aliphatic carbocycles. The molecule has 2 N–H and O–H groups in total. The van der Waals surface area contributed by atoms with Gasteiger partial charge in [0.2, 0.25) is 0 Å². The van der Waals surface area contributed by atoms with Crippen LogP contribution >= 0.6 is 0 Å². The van der Waals surface area contributed by atoms with Gasteiger partial charge in [0.05, 0.1) is 4.90 Å². The molecular formula is C18H20N2O4S. The number of hydrazine groups is 1. The largest absolute Gasteiger partial charge is 0.484 e. The summed E-state index contributed by atoms with van der Waals surface area (Å²) < 4.78 is 29.9. The van der Waals surface area contributed by atoms with Gasteiger partial charge >= 0.3 is 0 Å². The highest BCUT2D eigenvalue weighted by molar-refractivity contribution is 7.89. The molecule has 0 bridgehead atoms. The Bertz CT molecular complexity index is 876. The van der Waals surface area contributed by atoms with Gasteiger partial charge in [0.25, 0.3) is 15.9 Å². The van der Waals surface area contributed by atoms with Crippen LogP contribution in [0.2, 0.25) is 0 Å². The molecule has 3 rings (SSSR count). The Hall–Kier alpha value is -2.38. The number of carbonyl (C=O) groups is 1. The van der Waals surface area contributed by atoms with Crippen LogP contribution in [0.5, 0.6) is 5.75 Å². The Kier molecular flexibility index (Phi) is 5.06. The highest BCUT2D eigenvalue weighted by atomic mass is 32.2. The third-order valence-electron chi connectivity index (χ3n) is 4.10. The lowest BCUT2D eigenvalue weighted by molar-refractivity contribution is -0.123. The summed E-state index contributed by atoms with van der Waals surface area (Å²) in [7, 11) is -3.80. The van der Waals surface area contributed by atoms with Crippen molar-refractivity contribution in [3.05, 3.63) is 59.2 Å². The summed E-state index contributed by atoms with van der Waals surface area (Å²) in [6.45, 7) is 1.67. The van der Waals surface area contributed by atoms with Gasteiger partial charge in [-0.15, -0.1) is 4.83 Å². The van der Waals surface area contributed by atoms with E-state index in [1.807, 2.05) is 25.1 Å². The maximum Gasteiger partial charge on any atom is 0.272 e. The monoisotopic (exact) mass is 360 g/mol. The molecule has 0 fully saturated rings. The maximum atomic E-state index is 12.3. The summed E-state index contributed by atoms with van der Waals surface area (Å²) >= 11 is 0. The second-order valence-electron chi connectivity index (χ2n) is 6.04. The fraction of sp³-hybridized carbons (Fsp3) is 0.278. The van der Waals surface area contributed by atoms with Crippen LogP contribution in [0.3, 0.4) is 0 Å². The van der Waals surface area contributed by atoms with Crippen LogP contribution in [0, 0.1) is 6.92 Å². The maximum absolute atomic E-state index is 12.3. The first-order chi connectivity index (χ1) is 11.9. The van der Waals surface area contributed by atoms with Crippen LogP contribution in [0.25, 0.3) is 0 Å². The summed E-state index contributed by atoms with van der Waals surface area (Å²) in [6.07, 6.45) is 2.91. The van der Waals surface area contributed by atoms with Crippen molar-refractivity contribution in [3.8, 4) is 5.75 Å². The lowest BCUT2D eigenvalue weighted by Gasteiger charge is -2.10. The Morgan fingerprint density at radius 3 is 2.56 bits per heavy atom. The van der Waals surface area contributed by atoms with Gasteiger partial charge in [-0.1, -0.05) is 23.8 Å². The van der Waals surface area contributed by atoms with E-state index in [-0.39, 0.29) is 11.5 Å². The second-order valence-corrected chi connectivity index (χ2v) is 7.72. The third kappa shape index (κ3) is 4.37. The molecule has 2 aromatic rings. The average molecular weight is 360 g/mol. The lowest BCUT2D eigenvalue weighted by Crippen LogP contribution is -2.43. The Morgan fingerprint density at radius 1 is 1.08 bits per heavy atom. The average Bonchev–Trinajstić information content (AvgIpc) is 3.07. The fourth-order valence-corrected chi connectivity index (χ4v) is 3.63. The number of hydrogen-bond acceptors (Lipinski definition) is 4. The zero-order valence-electron chi connectivity index (χ0n) is 13.9. The van der Waals surface area contributed by atoms with E-state index in [9.17, 15) is 13.2 Å². The number of ether oxygens (including phenoxy) is 1. The molecule has 0 aromatic heterocycles. The topological polar surface area (TPSA) is 84.5 Å². The molecule has 0 heterocycles. The normalized spacial score (nSPS) is 13.3. The first-order valence-corrected chi connectivity index (χ1v) is 9.54. The van der Waals surface area contributed by atoms with Crippen molar-refractivity contribution in [1.82, 2.24) is 10.3 Å². The second kappa shape index (κ2) is 7.25. The molecule has 0 radical (unpaired) electrons. The van der Waals surface area contributed by atoms with E-state index in [4.69, 9.17) is 4.74 Å². The smallest absolute Gasteiger partial charge is 0.272 e. The molecule has 0 aliphatic heterocycles. The van der Waals surface area contributed by atoms with Crippen molar-refractivity contribution in [2.24, 2.45) is 0 Å². The van der Waals surface area contributed by atoms with Gasteiger partial charge in [-0.05, 0) is 61.6 Å². The first kappa shape index (κ1) is 17.4. The molecular weight excluding hydrogens is 340 g/mol. The molecule has 25 heavy (non-hydrogen) atoms. The number of carbonyl (C=O) groups excluding carboxylic acids is 1. The van der Waals surface area contributed by atoms with Crippen LogP contribution in [0.15, 0.2) is 47.4 Å². The van der Waals surface area contributed by atoms with Crippen LogP contribution in [0.1, 0.15) is 23.1 Å². The van der Waals surface area contributed by atoms with Gasteiger partial charge in [0, 0.05) is 0 Å². The summed E-state index contributed by atoms with van der Waals surface area (Å²) in [5.41, 5.74) is 5.49.